The molecule has 0 aliphatic rings. The number of hydrogen-bond donors (Lipinski definition) is 0. The smallest absolute Gasteiger partial charge is 0.321 e. The Balaban J connectivity index is 3.60. The molecule has 0 heterocycles. The number of carbonyl (C=O) groups excluding carboxylic acids is 1. The van der Waals surface area contributed by atoms with Gasteiger partial charge in [0.15, 0.2) is 0 Å². The van der Waals surface area contributed by atoms with Crippen molar-refractivity contribution in [2.45, 2.75) is 110 Å². The topological polar surface area (TPSA) is 35.5 Å². The van der Waals surface area contributed by atoms with Gasteiger partial charge < -0.3 is 9.47 Å². The zero-order valence-corrected chi connectivity index (χ0v) is 18.1. The summed E-state index contributed by atoms with van der Waals surface area (Å²) in [6.45, 7) is 12.0. The van der Waals surface area contributed by atoms with Crippen molar-refractivity contribution in [2.24, 2.45) is 5.92 Å². The van der Waals surface area contributed by atoms with Crippen LogP contribution in [0.2, 0.25) is 0 Å². The quantitative estimate of drug-likeness (QED) is 0.123. The molecule has 0 saturated carbocycles. The molecule has 158 valence electrons. The fraction of sp³-hybridized carbons (Fsp3) is 0.792. The number of esters is 1. The molecule has 0 radical (unpaired) electrons. The minimum Gasteiger partial charge on any atom is -0.498 e. The number of unbranched alkanes of at least 4 members (excludes halogenated alkanes) is 13. The minimum atomic E-state index is -0.375. The maximum atomic E-state index is 12.0. The van der Waals surface area contributed by atoms with Crippen molar-refractivity contribution >= 4 is 5.97 Å². The SMILES string of the molecule is C=COC(=O)C(CCCCCCCCCCCCCCCC)C(=C)OCC. The van der Waals surface area contributed by atoms with Crippen LogP contribution in [-0.4, -0.2) is 12.6 Å². The van der Waals surface area contributed by atoms with Gasteiger partial charge in [0.2, 0.25) is 0 Å². The van der Waals surface area contributed by atoms with E-state index in [9.17, 15) is 4.79 Å². The second-order valence-electron chi connectivity index (χ2n) is 7.44. The molecule has 0 aliphatic carbocycles. The largest absolute Gasteiger partial charge is 0.498 e. The first kappa shape index (κ1) is 25.8. The van der Waals surface area contributed by atoms with Crippen molar-refractivity contribution in [1.82, 2.24) is 0 Å². The van der Waals surface area contributed by atoms with E-state index >= 15 is 0 Å². The third-order valence-corrected chi connectivity index (χ3v) is 5.05. The van der Waals surface area contributed by atoms with Gasteiger partial charge in [0.1, 0.15) is 11.7 Å². The molecule has 0 spiro atoms. The van der Waals surface area contributed by atoms with Crippen LogP contribution in [-0.2, 0) is 14.3 Å². The first-order chi connectivity index (χ1) is 13.2. The molecule has 0 fully saturated rings. The van der Waals surface area contributed by atoms with Crippen LogP contribution in [0.25, 0.3) is 0 Å². The zero-order chi connectivity index (χ0) is 20.2. The van der Waals surface area contributed by atoms with Crippen molar-refractivity contribution in [1.29, 1.82) is 0 Å². The van der Waals surface area contributed by atoms with Gasteiger partial charge in [-0.2, -0.15) is 0 Å². The molecule has 3 nitrogen and oxygen atoms in total. The fourth-order valence-electron chi connectivity index (χ4n) is 3.40. The molecular formula is C24H44O3. The summed E-state index contributed by atoms with van der Waals surface area (Å²) in [5.41, 5.74) is 0. The van der Waals surface area contributed by atoms with E-state index in [2.05, 4.69) is 20.1 Å². The summed E-state index contributed by atoms with van der Waals surface area (Å²) in [5, 5.41) is 0. The highest BCUT2D eigenvalue weighted by Gasteiger charge is 2.23. The van der Waals surface area contributed by atoms with E-state index in [1.54, 1.807) is 0 Å². The molecular weight excluding hydrogens is 336 g/mol. The first-order valence-corrected chi connectivity index (χ1v) is 11.3. The Kier molecular flexibility index (Phi) is 18.6. The highest BCUT2D eigenvalue weighted by molar-refractivity contribution is 5.75. The monoisotopic (exact) mass is 380 g/mol. The average Bonchev–Trinajstić information content (AvgIpc) is 2.65. The van der Waals surface area contributed by atoms with Gasteiger partial charge in [-0.3, -0.25) is 4.79 Å². The van der Waals surface area contributed by atoms with E-state index in [1.165, 1.54) is 83.3 Å². The summed E-state index contributed by atoms with van der Waals surface area (Å²) in [4.78, 5) is 12.0. The Morgan fingerprint density at radius 2 is 1.26 bits per heavy atom. The van der Waals surface area contributed by atoms with Gasteiger partial charge in [-0.1, -0.05) is 110 Å². The third-order valence-electron chi connectivity index (χ3n) is 5.05. The highest BCUT2D eigenvalue weighted by atomic mass is 16.5. The number of hydrogen-bond acceptors (Lipinski definition) is 3. The lowest BCUT2D eigenvalue weighted by atomic mass is 9.98. The number of carbonyl (C=O) groups is 1. The standard InChI is InChI=1S/C24H44O3/c1-5-8-9-10-11-12-13-14-15-16-17-18-19-20-21-23(22(4)26-6-2)24(25)27-7-3/h7,23H,3-6,8-21H2,1-2H3. The molecule has 0 amide bonds. The van der Waals surface area contributed by atoms with Gasteiger partial charge in [-0.15, -0.1) is 0 Å². The predicted octanol–water partition coefficient (Wildman–Crippen LogP) is 7.71. The van der Waals surface area contributed by atoms with Gasteiger partial charge in [0.25, 0.3) is 0 Å². The Morgan fingerprint density at radius 3 is 1.67 bits per heavy atom. The van der Waals surface area contributed by atoms with Crippen LogP contribution in [0, 0.1) is 5.92 Å². The van der Waals surface area contributed by atoms with Crippen molar-refractivity contribution in [3.8, 4) is 0 Å². The van der Waals surface area contributed by atoms with E-state index < -0.39 is 0 Å². The van der Waals surface area contributed by atoms with Crippen LogP contribution in [0.5, 0.6) is 0 Å². The average molecular weight is 381 g/mol. The van der Waals surface area contributed by atoms with Crippen LogP contribution < -0.4 is 0 Å². The molecule has 0 aliphatic heterocycles. The molecule has 0 aromatic carbocycles. The Bertz CT molecular complexity index is 376. The molecule has 0 rings (SSSR count). The van der Waals surface area contributed by atoms with Crippen LogP contribution in [0.1, 0.15) is 110 Å². The summed E-state index contributed by atoms with van der Waals surface area (Å²) in [5.74, 6) is -0.169. The van der Waals surface area contributed by atoms with Crippen LogP contribution in [0.4, 0.5) is 0 Å². The molecule has 1 unspecified atom stereocenters. The summed E-state index contributed by atoms with van der Waals surface area (Å²) in [6, 6.07) is 0. The van der Waals surface area contributed by atoms with E-state index in [0.29, 0.717) is 12.4 Å². The van der Waals surface area contributed by atoms with E-state index in [0.717, 1.165) is 19.3 Å². The minimum absolute atomic E-state index is 0.307. The Morgan fingerprint density at radius 1 is 0.815 bits per heavy atom. The molecule has 0 saturated heterocycles. The van der Waals surface area contributed by atoms with Crippen LogP contribution in [0.15, 0.2) is 25.2 Å². The normalized spacial score (nSPS) is 11.8. The molecule has 1 atom stereocenters. The summed E-state index contributed by atoms with van der Waals surface area (Å²) in [7, 11) is 0. The van der Waals surface area contributed by atoms with E-state index in [4.69, 9.17) is 9.47 Å². The summed E-state index contributed by atoms with van der Waals surface area (Å²) < 4.78 is 10.3. The lowest BCUT2D eigenvalue weighted by molar-refractivity contribution is -0.142. The number of ether oxygens (including phenoxy) is 2. The van der Waals surface area contributed by atoms with Gasteiger partial charge in [0, 0.05) is 0 Å². The molecule has 0 N–H and O–H groups in total. The fourth-order valence-corrected chi connectivity index (χ4v) is 3.40. The second kappa shape index (κ2) is 19.5. The van der Waals surface area contributed by atoms with Crippen molar-refractivity contribution in [2.75, 3.05) is 6.61 Å². The lowest BCUT2D eigenvalue weighted by Crippen LogP contribution is -2.19. The Hall–Kier alpha value is -1.25. The van der Waals surface area contributed by atoms with Crippen LogP contribution in [0.3, 0.4) is 0 Å². The van der Waals surface area contributed by atoms with Gasteiger partial charge in [-0.05, 0) is 13.3 Å². The molecule has 0 aromatic heterocycles. The molecule has 3 heteroatoms. The van der Waals surface area contributed by atoms with Crippen molar-refractivity contribution in [3.63, 3.8) is 0 Å². The Labute approximate surface area is 168 Å². The maximum absolute atomic E-state index is 12.0. The molecule has 27 heavy (non-hydrogen) atoms. The van der Waals surface area contributed by atoms with Gasteiger partial charge in [-0.25, -0.2) is 0 Å². The second-order valence-corrected chi connectivity index (χ2v) is 7.44. The van der Waals surface area contributed by atoms with Gasteiger partial charge >= 0.3 is 5.97 Å². The highest BCUT2D eigenvalue weighted by Crippen LogP contribution is 2.21. The molecule has 0 bridgehead atoms. The summed E-state index contributed by atoms with van der Waals surface area (Å²) >= 11 is 0. The van der Waals surface area contributed by atoms with Crippen LogP contribution >= 0.6 is 0 Å². The molecule has 0 aromatic rings. The van der Waals surface area contributed by atoms with Gasteiger partial charge in [0.05, 0.1) is 12.9 Å². The lowest BCUT2D eigenvalue weighted by Gasteiger charge is -2.17. The maximum Gasteiger partial charge on any atom is 0.321 e. The third kappa shape index (κ3) is 15.5. The van der Waals surface area contributed by atoms with E-state index in [-0.39, 0.29) is 11.9 Å². The van der Waals surface area contributed by atoms with Crippen molar-refractivity contribution in [3.05, 3.63) is 25.2 Å². The first-order valence-electron chi connectivity index (χ1n) is 11.3. The predicted molar refractivity (Wildman–Crippen MR) is 115 cm³/mol. The zero-order valence-electron chi connectivity index (χ0n) is 18.1. The van der Waals surface area contributed by atoms with E-state index in [1.807, 2.05) is 6.92 Å². The van der Waals surface area contributed by atoms with Crippen molar-refractivity contribution < 1.29 is 14.3 Å². The summed E-state index contributed by atoms with van der Waals surface area (Å²) in [6.07, 6.45) is 20.5. The number of rotatable bonds is 20.